The quantitative estimate of drug-likeness (QED) is 0.596. The minimum atomic E-state index is 0.411. The molecule has 0 aromatic rings. The summed E-state index contributed by atoms with van der Waals surface area (Å²) in [6.45, 7) is 12.0. The van der Waals surface area contributed by atoms with Crippen molar-refractivity contribution in [3.05, 3.63) is 0 Å². The second kappa shape index (κ2) is 6.47. The highest BCUT2D eigenvalue weighted by atomic mass is 16.5. The van der Waals surface area contributed by atoms with Gasteiger partial charge in [-0.1, -0.05) is 34.1 Å². The van der Waals surface area contributed by atoms with Gasteiger partial charge in [0.05, 0.1) is 6.10 Å². The van der Waals surface area contributed by atoms with Crippen molar-refractivity contribution in [1.82, 2.24) is 0 Å². The highest BCUT2D eigenvalue weighted by Gasteiger charge is 2.07. The lowest BCUT2D eigenvalue weighted by Gasteiger charge is -2.17. The fourth-order valence-corrected chi connectivity index (χ4v) is 0.852. The van der Waals surface area contributed by atoms with Gasteiger partial charge in [-0.25, -0.2) is 0 Å². The van der Waals surface area contributed by atoms with E-state index in [0.29, 0.717) is 12.0 Å². The maximum absolute atomic E-state index is 5.68. The van der Waals surface area contributed by atoms with E-state index in [1.165, 1.54) is 12.8 Å². The minimum Gasteiger partial charge on any atom is -0.378 e. The smallest absolute Gasteiger partial charge is 0.0569 e. The summed E-state index contributed by atoms with van der Waals surface area (Å²) in [4.78, 5) is 0. The molecule has 0 aliphatic rings. The standard InChI is InChI=1S/C11H24O/c1-6-10(4)7-8-12-11(5)9(2)3/h9-11H,6-8H2,1-5H3. The van der Waals surface area contributed by atoms with E-state index >= 15 is 0 Å². The van der Waals surface area contributed by atoms with Crippen molar-refractivity contribution < 1.29 is 4.74 Å². The van der Waals surface area contributed by atoms with Crippen molar-refractivity contribution in [2.45, 2.75) is 53.6 Å². The van der Waals surface area contributed by atoms with E-state index in [1.807, 2.05) is 0 Å². The Labute approximate surface area is 77.5 Å². The van der Waals surface area contributed by atoms with Crippen LogP contribution in [-0.4, -0.2) is 12.7 Å². The molecule has 0 aromatic heterocycles. The van der Waals surface area contributed by atoms with Crippen molar-refractivity contribution in [1.29, 1.82) is 0 Å². The van der Waals surface area contributed by atoms with E-state index in [0.717, 1.165) is 12.5 Å². The normalized spacial score (nSPS) is 16.5. The lowest BCUT2D eigenvalue weighted by Crippen LogP contribution is -2.16. The molecule has 0 aliphatic carbocycles. The fourth-order valence-electron chi connectivity index (χ4n) is 0.852. The van der Waals surface area contributed by atoms with E-state index in [4.69, 9.17) is 4.74 Å². The first-order valence-corrected chi connectivity index (χ1v) is 5.19. The third-order valence-electron chi connectivity index (χ3n) is 2.63. The van der Waals surface area contributed by atoms with Crippen LogP contribution in [0.15, 0.2) is 0 Å². The highest BCUT2D eigenvalue weighted by Crippen LogP contribution is 2.10. The van der Waals surface area contributed by atoms with Crippen LogP contribution in [0.1, 0.15) is 47.5 Å². The van der Waals surface area contributed by atoms with Gasteiger partial charge in [0.25, 0.3) is 0 Å². The molecule has 2 unspecified atom stereocenters. The van der Waals surface area contributed by atoms with Crippen LogP contribution in [0.3, 0.4) is 0 Å². The molecule has 0 saturated heterocycles. The molecule has 1 nitrogen and oxygen atoms in total. The first-order valence-electron chi connectivity index (χ1n) is 5.19. The fraction of sp³-hybridized carbons (Fsp3) is 1.00. The van der Waals surface area contributed by atoms with E-state index in [2.05, 4.69) is 34.6 Å². The molecule has 0 N–H and O–H groups in total. The summed E-state index contributed by atoms with van der Waals surface area (Å²) in [6, 6.07) is 0. The predicted molar refractivity (Wildman–Crippen MR) is 54.3 cm³/mol. The summed E-state index contributed by atoms with van der Waals surface area (Å²) in [6.07, 6.45) is 2.88. The molecule has 1 heteroatoms. The average molecular weight is 172 g/mol. The summed E-state index contributed by atoms with van der Waals surface area (Å²) in [7, 11) is 0. The lowest BCUT2D eigenvalue weighted by molar-refractivity contribution is 0.0285. The maximum Gasteiger partial charge on any atom is 0.0569 e. The second-order valence-electron chi connectivity index (χ2n) is 4.12. The average Bonchev–Trinajstić information content (AvgIpc) is 2.03. The van der Waals surface area contributed by atoms with Crippen molar-refractivity contribution >= 4 is 0 Å². The molecule has 0 amide bonds. The van der Waals surface area contributed by atoms with E-state index in [9.17, 15) is 0 Å². The third kappa shape index (κ3) is 5.59. The second-order valence-corrected chi connectivity index (χ2v) is 4.12. The van der Waals surface area contributed by atoms with Gasteiger partial charge in [-0.15, -0.1) is 0 Å². The molecule has 0 saturated carbocycles. The Morgan fingerprint density at radius 2 is 1.67 bits per heavy atom. The molecular formula is C11H24O. The van der Waals surface area contributed by atoms with Gasteiger partial charge in [-0.2, -0.15) is 0 Å². The molecule has 0 fully saturated rings. The highest BCUT2D eigenvalue weighted by molar-refractivity contribution is 4.55. The summed E-state index contributed by atoms with van der Waals surface area (Å²) >= 11 is 0. The summed E-state index contributed by atoms with van der Waals surface area (Å²) in [5, 5.41) is 0. The van der Waals surface area contributed by atoms with Gasteiger partial charge < -0.3 is 4.74 Å². The Morgan fingerprint density at radius 3 is 2.08 bits per heavy atom. The van der Waals surface area contributed by atoms with E-state index in [1.54, 1.807) is 0 Å². The first kappa shape index (κ1) is 12.0. The Kier molecular flexibility index (Phi) is 6.45. The monoisotopic (exact) mass is 172 g/mol. The molecule has 12 heavy (non-hydrogen) atoms. The third-order valence-corrected chi connectivity index (χ3v) is 2.63. The molecular weight excluding hydrogens is 148 g/mol. The number of ether oxygens (including phenoxy) is 1. The molecule has 74 valence electrons. The van der Waals surface area contributed by atoms with Crippen LogP contribution in [0, 0.1) is 11.8 Å². The van der Waals surface area contributed by atoms with Crippen LogP contribution < -0.4 is 0 Å². The zero-order valence-electron chi connectivity index (χ0n) is 9.26. The molecule has 2 atom stereocenters. The van der Waals surface area contributed by atoms with Crippen LogP contribution in [0.4, 0.5) is 0 Å². The molecule has 0 radical (unpaired) electrons. The largest absolute Gasteiger partial charge is 0.378 e. The minimum absolute atomic E-state index is 0.411. The van der Waals surface area contributed by atoms with Gasteiger partial charge in [0, 0.05) is 6.61 Å². The zero-order valence-corrected chi connectivity index (χ0v) is 9.26. The molecule has 0 bridgehead atoms. The van der Waals surface area contributed by atoms with Crippen molar-refractivity contribution in [2.75, 3.05) is 6.61 Å². The van der Waals surface area contributed by atoms with E-state index in [-0.39, 0.29) is 0 Å². The van der Waals surface area contributed by atoms with Crippen LogP contribution in [0.5, 0.6) is 0 Å². The number of hydrogen-bond acceptors (Lipinski definition) is 1. The van der Waals surface area contributed by atoms with Gasteiger partial charge in [-0.3, -0.25) is 0 Å². The molecule has 0 rings (SSSR count). The maximum atomic E-state index is 5.68. The Balaban J connectivity index is 3.30. The Bertz CT molecular complexity index is 99.2. The van der Waals surface area contributed by atoms with Gasteiger partial charge in [0.1, 0.15) is 0 Å². The van der Waals surface area contributed by atoms with Crippen LogP contribution in [0.2, 0.25) is 0 Å². The topological polar surface area (TPSA) is 9.23 Å². The summed E-state index contributed by atoms with van der Waals surface area (Å²) < 4.78 is 5.68. The summed E-state index contributed by atoms with van der Waals surface area (Å²) in [5.74, 6) is 1.45. The van der Waals surface area contributed by atoms with Crippen molar-refractivity contribution in [3.8, 4) is 0 Å². The number of hydrogen-bond donors (Lipinski definition) is 0. The Morgan fingerprint density at radius 1 is 1.08 bits per heavy atom. The van der Waals surface area contributed by atoms with Gasteiger partial charge >= 0.3 is 0 Å². The van der Waals surface area contributed by atoms with Crippen LogP contribution in [-0.2, 0) is 4.74 Å². The molecule has 0 aliphatic heterocycles. The number of rotatable bonds is 6. The molecule has 0 heterocycles. The molecule has 0 spiro atoms. The first-order chi connectivity index (χ1) is 5.57. The van der Waals surface area contributed by atoms with E-state index < -0.39 is 0 Å². The van der Waals surface area contributed by atoms with Gasteiger partial charge in [0.15, 0.2) is 0 Å². The van der Waals surface area contributed by atoms with Crippen LogP contribution >= 0.6 is 0 Å². The SMILES string of the molecule is CCC(C)CCOC(C)C(C)C. The van der Waals surface area contributed by atoms with Crippen LogP contribution in [0.25, 0.3) is 0 Å². The molecule has 0 aromatic carbocycles. The Hall–Kier alpha value is -0.0400. The van der Waals surface area contributed by atoms with Crippen molar-refractivity contribution in [2.24, 2.45) is 11.8 Å². The predicted octanol–water partition coefficient (Wildman–Crippen LogP) is 3.48. The van der Waals surface area contributed by atoms with Crippen molar-refractivity contribution in [3.63, 3.8) is 0 Å². The lowest BCUT2D eigenvalue weighted by atomic mass is 10.1. The van der Waals surface area contributed by atoms with Gasteiger partial charge in [0.2, 0.25) is 0 Å². The summed E-state index contributed by atoms with van der Waals surface area (Å²) in [5.41, 5.74) is 0. The zero-order chi connectivity index (χ0) is 9.56. The van der Waals surface area contributed by atoms with Gasteiger partial charge in [-0.05, 0) is 25.2 Å².